The van der Waals surface area contributed by atoms with Gasteiger partial charge in [0, 0.05) is 24.3 Å². The van der Waals surface area contributed by atoms with E-state index in [1.807, 2.05) is 24.3 Å². The molecule has 4 heteroatoms. The highest BCUT2D eigenvalue weighted by atomic mass is 16.5. The number of para-hydroxylation sites is 1. The number of rotatable bonds is 5. The van der Waals surface area contributed by atoms with E-state index in [2.05, 4.69) is 5.32 Å². The fourth-order valence-electron chi connectivity index (χ4n) is 2.71. The van der Waals surface area contributed by atoms with Crippen molar-refractivity contribution in [1.82, 2.24) is 5.32 Å². The fourth-order valence-corrected chi connectivity index (χ4v) is 2.71. The Hall–Kier alpha value is -1.81. The number of carbonyl (C=O) groups is 1. The normalized spacial score (nSPS) is 22.2. The van der Waals surface area contributed by atoms with E-state index in [0.29, 0.717) is 5.92 Å². The molecule has 1 amide bonds. The van der Waals surface area contributed by atoms with E-state index < -0.39 is 0 Å². The number of hydrogen-bond acceptors (Lipinski definition) is 3. The highest BCUT2D eigenvalue weighted by Crippen LogP contribution is 2.23. The molecule has 1 aromatic carbocycles. The van der Waals surface area contributed by atoms with E-state index in [1.165, 1.54) is 0 Å². The van der Waals surface area contributed by atoms with Gasteiger partial charge in [0.25, 0.3) is 0 Å². The van der Waals surface area contributed by atoms with Crippen LogP contribution in [-0.4, -0.2) is 30.8 Å². The summed E-state index contributed by atoms with van der Waals surface area (Å²) in [6.07, 6.45) is 7.18. The molecular formula is C17H23NO3. The first-order valence-electron chi connectivity index (χ1n) is 7.45. The molecule has 2 N–H and O–H groups in total. The average molecular weight is 289 g/mol. The van der Waals surface area contributed by atoms with Crippen LogP contribution in [0.5, 0.6) is 5.75 Å². The molecule has 0 heterocycles. The minimum absolute atomic E-state index is 0.0756. The van der Waals surface area contributed by atoms with Crippen LogP contribution in [0, 0.1) is 5.92 Å². The Morgan fingerprint density at radius 1 is 1.33 bits per heavy atom. The van der Waals surface area contributed by atoms with E-state index in [-0.39, 0.29) is 18.6 Å². The van der Waals surface area contributed by atoms with Crippen LogP contribution < -0.4 is 10.1 Å². The first kappa shape index (κ1) is 15.6. The SMILES string of the molecule is COc1ccccc1/C=C/C(=O)NC1CCC(CO)CC1. The third kappa shape index (κ3) is 4.60. The molecule has 114 valence electrons. The summed E-state index contributed by atoms with van der Waals surface area (Å²) in [6.45, 7) is 0.258. The zero-order chi connectivity index (χ0) is 15.1. The van der Waals surface area contributed by atoms with Crippen molar-refractivity contribution < 1.29 is 14.6 Å². The monoisotopic (exact) mass is 289 g/mol. The Balaban J connectivity index is 1.86. The van der Waals surface area contributed by atoms with Crippen LogP contribution in [0.3, 0.4) is 0 Å². The van der Waals surface area contributed by atoms with Crippen LogP contribution in [-0.2, 0) is 4.79 Å². The number of aliphatic hydroxyl groups is 1. The molecule has 4 nitrogen and oxygen atoms in total. The molecule has 0 atom stereocenters. The molecular weight excluding hydrogens is 266 g/mol. The number of benzene rings is 1. The topological polar surface area (TPSA) is 58.6 Å². The van der Waals surface area contributed by atoms with E-state index in [1.54, 1.807) is 19.3 Å². The summed E-state index contributed by atoms with van der Waals surface area (Å²) in [6, 6.07) is 7.82. The first-order chi connectivity index (χ1) is 10.2. The summed E-state index contributed by atoms with van der Waals surface area (Å²) in [5.41, 5.74) is 0.888. The summed E-state index contributed by atoms with van der Waals surface area (Å²) >= 11 is 0. The Labute approximate surface area is 125 Å². The Kier molecular flexibility index (Phi) is 5.81. The Morgan fingerprint density at radius 3 is 2.71 bits per heavy atom. The van der Waals surface area contributed by atoms with Crippen LogP contribution in [0.2, 0.25) is 0 Å². The molecule has 1 aliphatic carbocycles. The van der Waals surface area contributed by atoms with Gasteiger partial charge in [-0.1, -0.05) is 18.2 Å². The van der Waals surface area contributed by atoms with Gasteiger partial charge in [-0.3, -0.25) is 4.79 Å². The van der Waals surface area contributed by atoms with Crippen molar-refractivity contribution in [3.8, 4) is 5.75 Å². The molecule has 0 spiro atoms. The summed E-state index contributed by atoms with van der Waals surface area (Å²) < 4.78 is 5.25. The molecule has 1 saturated carbocycles. The van der Waals surface area contributed by atoms with E-state index in [0.717, 1.165) is 37.0 Å². The lowest BCUT2D eigenvalue weighted by molar-refractivity contribution is -0.117. The number of ether oxygens (including phenoxy) is 1. The van der Waals surface area contributed by atoms with Crippen molar-refractivity contribution in [2.24, 2.45) is 5.92 Å². The largest absolute Gasteiger partial charge is 0.496 e. The second-order valence-corrected chi connectivity index (χ2v) is 5.48. The van der Waals surface area contributed by atoms with Gasteiger partial charge in [0.2, 0.25) is 5.91 Å². The molecule has 0 unspecified atom stereocenters. The number of aliphatic hydroxyl groups excluding tert-OH is 1. The smallest absolute Gasteiger partial charge is 0.244 e. The standard InChI is InChI=1S/C17H23NO3/c1-21-16-5-3-2-4-14(16)8-11-17(20)18-15-9-6-13(12-19)7-10-15/h2-5,8,11,13,15,19H,6-7,9-10,12H2,1H3,(H,18,20)/b11-8+. The number of carbonyl (C=O) groups excluding carboxylic acids is 1. The van der Waals surface area contributed by atoms with E-state index in [9.17, 15) is 4.79 Å². The Morgan fingerprint density at radius 2 is 2.05 bits per heavy atom. The molecule has 1 aliphatic rings. The number of methoxy groups -OCH3 is 1. The van der Waals surface area contributed by atoms with Crippen molar-refractivity contribution in [3.05, 3.63) is 35.9 Å². The van der Waals surface area contributed by atoms with Gasteiger partial charge >= 0.3 is 0 Å². The molecule has 2 rings (SSSR count). The van der Waals surface area contributed by atoms with Crippen LogP contribution in [0.25, 0.3) is 6.08 Å². The van der Waals surface area contributed by atoms with Gasteiger partial charge in [-0.2, -0.15) is 0 Å². The summed E-state index contributed by atoms with van der Waals surface area (Å²) in [5.74, 6) is 1.08. The summed E-state index contributed by atoms with van der Waals surface area (Å²) in [7, 11) is 1.62. The third-order valence-corrected chi connectivity index (χ3v) is 4.00. The van der Waals surface area contributed by atoms with Crippen LogP contribution in [0.4, 0.5) is 0 Å². The quantitative estimate of drug-likeness (QED) is 0.818. The second kappa shape index (κ2) is 7.84. The maximum absolute atomic E-state index is 11.9. The molecule has 0 radical (unpaired) electrons. The van der Waals surface area contributed by atoms with Crippen molar-refractivity contribution in [1.29, 1.82) is 0 Å². The molecule has 0 aliphatic heterocycles. The predicted octanol–water partition coefficient (Wildman–Crippen LogP) is 2.38. The molecule has 0 bridgehead atoms. The first-order valence-corrected chi connectivity index (χ1v) is 7.45. The number of amides is 1. The highest BCUT2D eigenvalue weighted by Gasteiger charge is 2.21. The molecule has 0 saturated heterocycles. The number of nitrogens with one attached hydrogen (secondary N) is 1. The lowest BCUT2D eigenvalue weighted by atomic mass is 9.86. The summed E-state index contributed by atoms with van der Waals surface area (Å²) in [5, 5.41) is 12.1. The van der Waals surface area contributed by atoms with Gasteiger partial charge in [-0.15, -0.1) is 0 Å². The molecule has 21 heavy (non-hydrogen) atoms. The van der Waals surface area contributed by atoms with Gasteiger partial charge in [-0.25, -0.2) is 0 Å². The molecule has 1 aromatic rings. The van der Waals surface area contributed by atoms with E-state index >= 15 is 0 Å². The maximum atomic E-state index is 11.9. The average Bonchev–Trinajstić information content (AvgIpc) is 2.54. The summed E-state index contributed by atoms with van der Waals surface area (Å²) in [4.78, 5) is 11.9. The fraction of sp³-hybridized carbons (Fsp3) is 0.471. The maximum Gasteiger partial charge on any atom is 0.244 e. The molecule has 0 aromatic heterocycles. The van der Waals surface area contributed by atoms with Crippen molar-refractivity contribution in [3.63, 3.8) is 0 Å². The predicted molar refractivity (Wildman–Crippen MR) is 83.0 cm³/mol. The van der Waals surface area contributed by atoms with Gasteiger partial charge in [0.1, 0.15) is 5.75 Å². The van der Waals surface area contributed by atoms with Gasteiger partial charge < -0.3 is 15.2 Å². The van der Waals surface area contributed by atoms with Gasteiger partial charge in [-0.05, 0) is 43.7 Å². The Bertz CT molecular complexity index is 491. The minimum Gasteiger partial charge on any atom is -0.496 e. The lowest BCUT2D eigenvalue weighted by Crippen LogP contribution is -2.37. The zero-order valence-electron chi connectivity index (χ0n) is 12.4. The van der Waals surface area contributed by atoms with Crippen LogP contribution in [0.1, 0.15) is 31.2 Å². The lowest BCUT2D eigenvalue weighted by Gasteiger charge is -2.27. The van der Waals surface area contributed by atoms with Gasteiger partial charge in [0.15, 0.2) is 0 Å². The van der Waals surface area contributed by atoms with Gasteiger partial charge in [0.05, 0.1) is 7.11 Å². The minimum atomic E-state index is -0.0756. The third-order valence-electron chi connectivity index (χ3n) is 4.00. The second-order valence-electron chi connectivity index (χ2n) is 5.48. The number of hydrogen-bond donors (Lipinski definition) is 2. The van der Waals surface area contributed by atoms with Crippen LogP contribution in [0.15, 0.2) is 30.3 Å². The molecule has 1 fully saturated rings. The van der Waals surface area contributed by atoms with E-state index in [4.69, 9.17) is 9.84 Å². The highest BCUT2D eigenvalue weighted by molar-refractivity contribution is 5.92. The van der Waals surface area contributed by atoms with Crippen LogP contribution >= 0.6 is 0 Å². The van der Waals surface area contributed by atoms with Crippen molar-refractivity contribution >= 4 is 12.0 Å². The zero-order valence-corrected chi connectivity index (χ0v) is 12.4. The van der Waals surface area contributed by atoms with Crippen molar-refractivity contribution in [2.45, 2.75) is 31.7 Å². The van der Waals surface area contributed by atoms with Crippen molar-refractivity contribution in [2.75, 3.05) is 13.7 Å².